The summed E-state index contributed by atoms with van der Waals surface area (Å²) in [5, 5.41) is 29.2. The summed E-state index contributed by atoms with van der Waals surface area (Å²) in [7, 11) is 5.06. The SMILES string of the molecule is BrB(Br)Br.COc1ccc(-c2ccc(N(c3ccc(-c4ccc(OC)cc4)cc3)c3ccc(-c4ccc(OC)cc4)cc3)cc2)cc1.ClCCl.Oc1ccc(-c2ccc(N(c3ccc(-c4ccc(O)cc4)cc3)c3ccc(-c4ccc(O)cc4)cc3)cc2)cc1. The molecule has 0 bridgehead atoms. The van der Waals surface area contributed by atoms with Crippen molar-refractivity contribution in [2.45, 2.75) is 0 Å². The molecular formula is C76H62BBr3Cl2N2O6. The van der Waals surface area contributed by atoms with E-state index in [1.165, 1.54) is 0 Å². The molecule has 450 valence electrons. The summed E-state index contributed by atoms with van der Waals surface area (Å²) < 4.78 is 16.3. The zero-order chi connectivity index (χ0) is 63.4. The average molecular weight is 1420 g/mol. The predicted molar refractivity (Wildman–Crippen MR) is 389 cm³/mol. The maximum absolute atomic E-state index is 9.65. The lowest BCUT2D eigenvalue weighted by Gasteiger charge is -2.26. The molecule has 0 amide bonds. The van der Waals surface area contributed by atoms with Crippen molar-refractivity contribution in [3.63, 3.8) is 0 Å². The second-order valence-corrected chi connectivity index (χ2v) is 27.4. The molecule has 0 heterocycles. The number of phenolic OH excluding ortho intramolecular Hbond substituents is 3. The third-order valence-corrected chi connectivity index (χ3v) is 14.6. The summed E-state index contributed by atoms with van der Waals surface area (Å²) in [6.07, 6.45) is 0. The van der Waals surface area contributed by atoms with Gasteiger partial charge in [-0.05, 0) is 212 Å². The Hall–Kier alpha value is -8.88. The minimum atomic E-state index is 0.194. The van der Waals surface area contributed by atoms with Gasteiger partial charge in [-0.1, -0.05) is 146 Å². The molecule has 0 saturated heterocycles. The van der Waals surface area contributed by atoms with E-state index >= 15 is 0 Å². The van der Waals surface area contributed by atoms with Gasteiger partial charge in [-0.15, -0.1) is 70.5 Å². The summed E-state index contributed by atoms with van der Waals surface area (Å²) in [4.78, 5) is 4.50. The van der Waals surface area contributed by atoms with Gasteiger partial charge in [-0.2, -0.15) is 0 Å². The summed E-state index contributed by atoms with van der Waals surface area (Å²) >= 11 is 18.8. The lowest BCUT2D eigenvalue weighted by Crippen LogP contribution is -2.09. The van der Waals surface area contributed by atoms with Gasteiger partial charge in [0.2, 0.25) is 0 Å². The van der Waals surface area contributed by atoms with Crippen LogP contribution in [0.3, 0.4) is 0 Å². The Balaban J connectivity index is 0.000000194. The van der Waals surface area contributed by atoms with Crippen molar-refractivity contribution in [1.29, 1.82) is 0 Å². The Morgan fingerprint density at radius 2 is 0.367 bits per heavy atom. The first-order valence-electron chi connectivity index (χ1n) is 28.4. The molecule has 0 fully saturated rings. The molecular weight excluding hydrogens is 1360 g/mol. The lowest BCUT2D eigenvalue weighted by molar-refractivity contribution is 0.415. The van der Waals surface area contributed by atoms with E-state index in [1.807, 2.05) is 72.8 Å². The second-order valence-electron chi connectivity index (χ2n) is 20.1. The van der Waals surface area contributed by atoms with Crippen LogP contribution in [0.15, 0.2) is 291 Å². The molecule has 0 aromatic heterocycles. The molecule has 0 aliphatic heterocycles. The highest BCUT2D eigenvalue weighted by Crippen LogP contribution is 2.41. The van der Waals surface area contributed by atoms with Gasteiger partial charge in [0.15, 0.2) is 0 Å². The predicted octanol–water partition coefficient (Wildman–Crippen LogP) is 23.0. The summed E-state index contributed by atoms with van der Waals surface area (Å²) in [6.45, 7) is 0. The van der Waals surface area contributed by atoms with Gasteiger partial charge in [0, 0.05) is 34.1 Å². The number of ether oxygens (including phenoxy) is 3. The van der Waals surface area contributed by atoms with Crippen LogP contribution in [0.5, 0.6) is 34.5 Å². The van der Waals surface area contributed by atoms with Crippen LogP contribution in [-0.2, 0) is 0 Å². The van der Waals surface area contributed by atoms with E-state index in [9.17, 15) is 15.3 Å². The van der Waals surface area contributed by atoms with Gasteiger partial charge in [0.1, 0.15) is 34.5 Å². The Bertz CT molecular complexity index is 3690. The second kappa shape index (κ2) is 32.6. The number of aromatic hydroxyl groups is 3. The number of nitrogens with zero attached hydrogens (tertiary/aromatic N) is 2. The molecule has 0 radical (unpaired) electrons. The number of hydrogen-bond acceptors (Lipinski definition) is 8. The maximum Gasteiger partial charge on any atom is 0.369 e. The van der Waals surface area contributed by atoms with E-state index in [-0.39, 0.29) is 25.8 Å². The molecule has 8 nitrogen and oxygen atoms in total. The molecule has 0 spiro atoms. The van der Waals surface area contributed by atoms with E-state index in [1.54, 1.807) is 57.7 Å². The Labute approximate surface area is 561 Å². The number of rotatable bonds is 15. The van der Waals surface area contributed by atoms with Crippen LogP contribution >= 0.6 is 70.5 Å². The molecule has 3 N–H and O–H groups in total. The fraction of sp³-hybridized carbons (Fsp3) is 0.0526. The number of halogens is 5. The van der Waals surface area contributed by atoms with Gasteiger partial charge < -0.3 is 39.3 Å². The largest absolute Gasteiger partial charge is 0.508 e. The molecule has 0 saturated carbocycles. The molecule has 0 unspecified atom stereocenters. The van der Waals surface area contributed by atoms with Crippen LogP contribution in [-0.4, -0.2) is 45.2 Å². The number of phenols is 3. The van der Waals surface area contributed by atoms with Crippen LogP contribution in [0, 0.1) is 0 Å². The van der Waals surface area contributed by atoms with Crippen molar-refractivity contribution in [1.82, 2.24) is 0 Å². The van der Waals surface area contributed by atoms with Crippen LogP contribution in [0.4, 0.5) is 34.1 Å². The van der Waals surface area contributed by atoms with Gasteiger partial charge >= 0.3 is 3.18 Å². The smallest absolute Gasteiger partial charge is 0.369 e. The highest BCUT2D eigenvalue weighted by Gasteiger charge is 2.17. The monoisotopic (exact) mass is 1420 g/mol. The first-order chi connectivity index (χ1) is 43.8. The topological polar surface area (TPSA) is 94.9 Å². The molecule has 14 heteroatoms. The highest BCUT2D eigenvalue weighted by molar-refractivity contribution is 9.69. The number of anilines is 6. The fourth-order valence-electron chi connectivity index (χ4n) is 10.0. The van der Waals surface area contributed by atoms with Gasteiger partial charge in [-0.25, -0.2) is 0 Å². The molecule has 12 rings (SSSR count). The van der Waals surface area contributed by atoms with E-state index < -0.39 is 0 Å². The molecule has 12 aromatic carbocycles. The van der Waals surface area contributed by atoms with E-state index in [2.05, 4.69) is 239 Å². The highest BCUT2D eigenvalue weighted by atomic mass is 79.9. The van der Waals surface area contributed by atoms with E-state index in [0.717, 1.165) is 118 Å². The van der Waals surface area contributed by atoms with Crippen molar-refractivity contribution >= 4 is 108 Å². The van der Waals surface area contributed by atoms with E-state index in [4.69, 9.17) is 37.4 Å². The Morgan fingerprint density at radius 1 is 0.256 bits per heavy atom. The summed E-state index contributed by atoms with van der Waals surface area (Å²) in [5.74, 6) is 3.29. The first-order valence-corrected chi connectivity index (χ1v) is 32.2. The van der Waals surface area contributed by atoms with Crippen LogP contribution in [0.2, 0.25) is 0 Å². The third-order valence-electron chi connectivity index (χ3n) is 14.6. The van der Waals surface area contributed by atoms with Crippen molar-refractivity contribution in [3.05, 3.63) is 291 Å². The van der Waals surface area contributed by atoms with Gasteiger partial charge in [0.05, 0.1) is 26.7 Å². The van der Waals surface area contributed by atoms with Gasteiger partial charge in [-0.3, -0.25) is 0 Å². The Morgan fingerprint density at radius 3 is 0.489 bits per heavy atom. The zero-order valence-electron chi connectivity index (χ0n) is 49.3. The molecule has 0 aliphatic rings. The minimum Gasteiger partial charge on any atom is -0.508 e. The van der Waals surface area contributed by atoms with Gasteiger partial charge in [0.25, 0.3) is 0 Å². The fourth-order valence-corrected chi connectivity index (χ4v) is 10.0. The number of hydrogen-bond donors (Lipinski definition) is 3. The standard InChI is InChI=1S/C39H33NO3.C36H27NO3.CH2Cl2.BBr3/c1-41-37-22-10-31(11-23-37)28-4-16-34(17-5-28)40(35-18-6-29(7-19-35)32-12-24-38(42-2)25-13-32)36-20-8-30(9-21-36)33-14-26-39(43-3)27-15-33;38-34-19-7-28(8-20-34)25-1-13-31(14-2-25)37(32-15-3-26(4-16-32)29-9-21-35(39)22-10-29)33-17-5-27(6-18-33)30-11-23-36(40)24-12-30;2-1-3;2-1(3)4/h4-27H,1-3H3;1-24,38-40H;1H2;. The average Bonchev–Trinajstić information content (AvgIpc) is 1.27. The number of benzene rings is 12. The molecule has 12 aromatic rings. The van der Waals surface area contributed by atoms with Crippen molar-refractivity contribution in [2.75, 3.05) is 36.5 Å². The minimum absolute atomic E-state index is 0.194. The number of methoxy groups -OCH3 is 3. The first kappa shape index (κ1) is 65.6. The summed E-state index contributed by atoms with van der Waals surface area (Å²) in [6, 6.07) is 97.3. The maximum atomic E-state index is 9.65. The zero-order valence-corrected chi connectivity index (χ0v) is 55.6. The van der Waals surface area contributed by atoms with Crippen LogP contribution in [0.25, 0.3) is 66.8 Å². The van der Waals surface area contributed by atoms with Crippen LogP contribution in [0.1, 0.15) is 0 Å². The van der Waals surface area contributed by atoms with Crippen LogP contribution < -0.4 is 24.0 Å². The molecule has 0 aliphatic carbocycles. The molecule has 0 atom stereocenters. The number of alkyl halides is 2. The Kier molecular flexibility index (Phi) is 23.7. The van der Waals surface area contributed by atoms with Crippen molar-refractivity contribution < 1.29 is 29.5 Å². The van der Waals surface area contributed by atoms with E-state index in [0.29, 0.717) is 0 Å². The lowest BCUT2D eigenvalue weighted by atomic mass is 10.0. The summed E-state index contributed by atoms with van der Waals surface area (Å²) in [5.41, 5.74) is 19.4. The quantitative estimate of drug-likeness (QED) is 0.0690. The normalized spacial score (nSPS) is 10.4. The molecule has 90 heavy (non-hydrogen) atoms. The van der Waals surface area contributed by atoms with Crippen molar-refractivity contribution in [2.24, 2.45) is 0 Å². The van der Waals surface area contributed by atoms with Crippen molar-refractivity contribution in [3.8, 4) is 101 Å². The third kappa shape index (κ3) is 17.7.